The largest absolute Gasteiger partial charge is 0.497 e. The van der Waals surface area contributed by atoms with Gasteiger partial charge in [-0.15, -0.1) is 0 Å². The fourth-order valence-electron chi connectivity index (χ4n) is 4.97. The highest BCUT2D eigenvalue weighted by Crippen LogP contribution is 2.27. The Morgan fingerprint density at radius 2 is 1.36 bits per heavy atom. The monoisotopic (exact) mass is 571 g/mol. The number of carbonyl (C=O) groups excluding carboxylic acids is 1. The second-order valence-electron chi connectivity index (χ2n) is 10.0. The van der Waals surface area contributed by atoms with Crippen LogP contribution in [0.4, 0.5) is 5.82 Å². The Balaban J connectivity index is 1.86. The van der Waals surface area contributed by atoms with Gasteiger partial charge in [0.1, 0.15) is 17.8 Å². The van der Waals surface area contributed by atoms with Crippen LogP contribution in [0, 0.1) is 13.8 Å². The summed E-state index contributed by atoms with van der Waals surface area (Å²) in [4.78, 5) is 33.9. The normalized spacial score (nSPS) is 11.6. The quantitative estimate of drug-likeness (QED) is 0.216. The number of rotatable bonds is 11. The van der Waals surface area contributed by atoms with Gasteiger partial charge in [-0.1, -0.05) is 36.4 Å². The van der Waals surface area contributed by atoms with Crippen molar-refractivity contribution in [2.45, 2.75) is 40.0 Å². The van der Waals surface area contributed by atoms with Crippen LogP contribution in [-0.2, 0) is 22.6 Å². The summed E-state index contributed by atoms with van der Waals surface area (Å²) in [6, 6.07) is 19.2. The van der Waals surface area contributed by atoms with Crippen LogP contribution in [0.3, 0.4) is 0 Å². The number of nitrogens with zero attached hydrogens (tertiary/aromatic N) is 3. The molecule has 9 nitrogen and oxygen atoms in total. The number of hydrogen-bond acceptors (Lipinski definition) is 8. The summed E-state index contributed by atoms with van der Waals surface area (Å²) in [5, 5.41) is 0. The third-order valence-electron chi connectivity index (χ3n) is 7.28. The summed E-state index contributed by atoms with van der Waals surface area (Å²) in [7, 11) is 6.14. The molecule has 0 fully saturated rings. The molecule has 0 saturated carbocycles. The van der Waals surface area contributed by atoms with Gasteiger partial charge in [0.25, 0.3) is 5.56 Å². The fraction of sp³-hybridized carbons (Fsp3) is 0.303. The van der Waals surface area contributed by atoms with Gasteiger partial charge in [-0.05, 0) is 72.9 Å². The van der Waals surface area contributed by atoms with Crippen molar-refractivity contribution in [3.05, 3.63) is 111 Å². The molecule has 0 N–H and O–H groups in total. The van der Waals surface area contributed by atoms with Crippen LogP contribution < -0.4 is 19.9 Å². The van der Waals surface area contributed by atoms with E-state index >= 15 is 0 Å². The molecule has 3 aromatic carbocycles. The second-order valence-corrected chi connectivity index (χ2v) is 10.0. The summed E-state index contributed by atoms with van der Waals surface area (Å²) in [6.07, 6.45) is 1.37. The predicted molar refractivity (Wildman–Crippen MR) is 162 cm³/mol. The van der Waals surface area contributed by atoms with Crippen LogP contribution in [0.5, 0.6) is 11.5 Å². The first kappa shape index (κ1) is 30.3. The number of aryl methyl sites for hydroxylation is 2. The van der Waals surface area contributed by atoms with Gasteiger partial charge < -0.3 is 23.8 Å². The molecule has 1 heterocycles. The topological polar surface area (TPSA) is 92.1 Å². The van der Waals surface area contributed by atoms with Gasteiger partial charge in [0.15, 0.2) is 11.4 Å². The molecule has 0 radical (unpaired) electrons. The summed E-state index contributed by atoms with van der Waals surface area (Å²) < 4.78 is 22.6. The Labute approximate surface area is 246 Å². The Kier molecular flexibility index (Phi) is 9.64. The highest BCUT2D eigenvalue weighted by atomic mass is 16.5. The van der Waals surface area contributed by atoms with Crippen LogP contribution in [0.15, 0.2) is 71.8 Å². The van der Waals surface area contributed by atoms with Gasteiger partial charge in [0.2, 0.25) is 0 Å². The molecule has 0 aliphatic heterocycles. The Hall–Kier alpha value is -4.63. The van der Waals surface area contributed by atoms with E-state index in [1.807, 2.05) is 86.3 Å². The highest BCUT2D eigenvalue weighted by Gasteiger charge is 2.26. The molecule has 9 heteroatoms. The molecule has 1 atom stereocenters. The van der Waals surface area contributed by atoms with Crippen molar-refractivity contribution >= 4 is 11.8 Å². The SMILES string of the molecule is COC(=O)c1c(N(Cc2ccc(OC)cc2)Cc2ccc(OC)cc2)ncn(-c2c(C)cc(C(C)OC)cc2C)c1=O. The molecular weight excluding hydrogens is 534 g/mol. The molecule has 0 amide bonds. The third kappa shape index (κ3) is 6.47. The van der Waals surface area contributed by atoms with Crippen LogP contribution in [0.25, 0.3) is 5.69 Å². The summed E-state index contributed by atoms with van der Waals surface area (Å²) in [5.41, 5.74) is 4.60. The molecule has 0 aliphatic rings. The first-order valence-electron chi connectivity index (χ1n) is 13.6. The van der Waals surface area contributed by atoms with Crippen LogP contribution >= 0.6 is 0 Å². The molecule has 0 saturated heterocycles. The smallest absolute Gasteiger partial charge is 0.347 e. The molecule has 1 aromatic heterocycles. The van der Waals surface area contributed by atoms with E-state index in [1.54, 1.807) is 21.3 Å². The maximum atomic E-state index is 14.1. The van der Waals surface area contributed by atoms with Gasteiger partial charge in [-0.25, -0.2) is 9.78 Å². The predicted octanol–water partition coefficient (Wildman–Crippen LogP) is 5.57. The molecule has 42 heavy (non-hydrogen) atoms. The van der Waals surface area contributed by atoms with Crippen molar-refractivity contribution in [2.75, 3.05) is 33.3 Å². The Morgan fingerprint density at radius 3 is 1.79 bits per heavy atom. The van der Waals surface area contributed by atoms with Gasteiger partial charge >= 0.3 is 5.97 Å². The minimum atomic E-state index is -0.758. The summed E-state index contributed by atoms with van der Waals surface area (Å²) in [5.74, 6) is 0.932. The van der Waals surface area contributed by atoms with Crippen LogP contribution in [0.2, 0.25) is 0 Å². The van der Waals surface area contributed by atoms with Gasteiger partial charge in [-0.3, -0.25) is 9.36 Å². The maximum absolute atomic E-state index is 14.1. The van der Waals surface area contributed by atoms with Crippen molar-refractivity contribution in [3.8, 4) is 17.2 Å². The average molecular weight is 572 g/mol. The zero-order valence-electron chi connectivity index (χ0n) is 25.1. The lowest BCUT2D eigenvalue weighted by atomic mass is 10.0. The number of esters is 1. The molecule has 0 spiro atoms. The van der Waals surface area contributed by atoms with Crippen molar-refractivity contribution < 1.29 is 23.7 Å². The van der Waals surface area contributed by atoms with Crippen LogP contribution in [-0.4, -0.2) is 44.0 Å². The molecule has 4 aromatic rings. The number of aromatic nitrogens is 2. The van der Waals surface area contributed by atoms with E-state index in [0.717, 1.165) is 39.3 Å². The van der Waals surface area contributed by atoms with Crippen LogP contribution in [0.1, 0.15) is 51.2 Å². The zero-order chi connectivity index (χ0) is 30.4. The van der Waals surface area contributed by atoms with E-state index in [1.165, 1.54) is 18.0 Å². The molecular formula is C33H37N3O6. The minimum absolute atomic E-state index is 0.108. The van der Waals surface area contributed by atoms with Crippen molar-refractivity contribution in [1.29, 1.82) is 0 Å². The van der Waals surface area contributed by atoms with E-state index in [2.05, 4.69) is 0 Å². The minimum Gasteiger partial charge on any atom is -0.497 e. The lowest BCUT2D eigenvalue weighted by Crippen LogP contribution is -2.33. The summed E-state index contributed by atoms with van der Waals surface area (Å²) in [6.45, 7) is 6.56. The number of methoxy groups -OCH3 is 4. The fourth-order valence-corrected chi connectivity index (χ4v) is 4.97. The first-order chi connectivity index (χ1) is 20.2. The third-order valence-corrected chi connectivity index (χ3v) is 7.28. The average Bonchev–Trinajstić information content (AvgIpc) is 3.00. The Morgan fingerprint density at radius 1 is 0.857 bits per heavy atom. The molecule has 4 rings (SSSR count). The van der Waals surface area contributed by atoms with E-state index in [4.69, 9.17) is 23.9 Å². The van der Waals surface area contributed by atoms with E-state index < -0.39 is 11.5 Å². The lowest BCUT2D eigenvalue weighted by Gasteiger charge is -2.26. The maximum Gasteiger partial charge on any atom is 0.347 e. The molecule has 220 valence electrons. The van der Waals surface area contributed by atoms with Crippen molar-refractivity contribution in [1.82, 2.24) is 9.55 Å². The number of anilines is 1. The Bertz CT molecular complexity index is 1520. The zero-order valence-corrected chi connectivity index (χ0v) is 25.1. The first-order valence-corrected chi connectivity index (χ1v) is 13.6. The molecule has 1 unspecified atom stereocenters. The molecule has 0 aliphatic carbocycles. The second kappa shape index (κ2) is 13.4. The number of carbonyl (C=O) groups is 1. The molecule has 0 bridgehead atoms. The lowest BCUT2D eigenvalue weighted by molar-refractivity contribution is 0.0598. The standard InChI is InChI=1S/C33H37N3O6/c1-21-16-26(23(3)39-4)17-22(2)30(21)36-20-34-31(29(32(36)37)33(38)42-7)35(18-24-8-12-27(40-5)13-9-24)19-25-10-14-28(41-6)15-11-25/h8-17,20,23H,18-19H2,1-7H3. The van der Waals surface area contributed by atoms with E-state index in [-0.39, 0.29) is 17.5 Å². The highest BCUT2D eigenvalue weighted by molar-refractivity contribution is 5.94. The van der Waals surface area contributed by atoms with E-state index in [0.29, 0.717) is 18.8 Å². The number of hydrogen-bond donors (Lipinski definition) is 0. The van der Waals surface area contributed by atoms with Gasteiger partial charge in [0.05, 0.1) is 33.1 Å². The van der Waals surface area contributed by atoms with Gasteiger partial charge in [0, 0.05) is 20.2 Å². The van der Waals surface area contributed by atoms with Gasteiger partial charge in [-0.2, -0.15) is 0 Å². The summed E-state index contributed by atoms with van der Waals surface area (Å²) >= 11 is 0. The van der Waals surface area contributed by atoms with E-state index in [9.17, 15) is 9.59 Å². The van der Waals surface area contributed by atoms with Crippen molar-refractivity contribution in [3.63, 3.8) is 0 Å². The number of ether oxygens (including phenoxy) is 4. The number of benzene rings is 3. The van der Waals surface area contributed by atoms with Crippen molar-refractivity contribution in [2.24, 2.45) is 0 Å².